The predicted octanol–water partition coefficient (Wildman–Crippen LogP) is 3.36. The van der Waals surface area contributed by atoms with Crippen LogP contribution >= 0.6 is 15.9 Å². The lowest BCUT2D eigenvalue weighted by atomic mass is 10.0. The van der Waals surface area contributed by atoms with Crippen LogP contribution in [0.4, 0.5) is 0 Å². The van der Waals surface area contributed by atoms with Crippen LogP contribution < -0.4 is 5.32 Å². The first-order valence-corrected chi connectivity index (χ1v) is 8.20. The number of piperidine rings is 1. The van der Waals surface area contributed by atoms with E-state index >= 15 is 0 Å². The van der Waals surface area contributed by atoms with Crippen LogP contribution in [0.5, 0.6) is 0 Å². The normalized spacial score (nSPS) is 16.1. The van der Waals surface area contributed by atoms with Crippen molar-refractivity contribution in [1.82, 2.24) is 10.2 Å². The van der Waals surface area contributed by atoms with Gasteiger partial charge in [0.1, 0.15) is 0 Å². The molecule has 0 aliphatic carbocycles. The first-order chi connectivity index (χ1) is 9.63. The minimum Gasteiger partial charge on any atom is -0.336 e. The van der Waals surface area contributed by atoms with Gasteiger partial charge in [-0.05, 0) is 72.9 Å². The average Bonchev–Trinajstić information content (AvgIpc) is 2.45. The second-order valence-electron chi connectivity index (χ2n) is 5.46. The highest BCUT2D eigenvalue weighted by molar-refractivity contribution is 9.10. The molecule has 3 nitrogen and oxygen atoms in total. The number of carbonyl (C=O) groups is 1. The van der Waals surface area contributed by atoms with Gasteiger partial charge in [-0.1, -0.05) is 13.0 Å². The van der Waals surface area contributed by atoms with E-state index in [-0.39, 0.29) is 5.91 Å². The van der Waals surface area contributed by atoms with Crippen LogP contribution in [-0.4, -0.2) is 36.5 Å². The number of hydrogen-bond acceptors (Lipinski definition) is 2. The molecule has 110 valence electrons. The van der Waals surface area contributed by atoms with E-state index in [9.17, 15) is 4.79 Å². The number of carbonyl (C=O) groups excluding carboxylic acids is 1. The number of aryl methyl sites for hydroxylation is 1. The first-order valence-electron chi connectivity index (χ1n) is 7.41. The first kappa shape index (κ1) is 15.5. The fraction of sp³-hybridized carbons (Fsp3) is 0.562. The van der Waals surface area contributed by atoms with E-state index in [1.807, 2.05) is 25.1 Å². The van der Waals surface area contributed by atoms with E-state index in [0.717, 1.165) is 54.5 Å². The molecule has 20 heavy (non-hydrogen) atoms. The van der Waals surface area contributed by atoms with Gasteiger partial charge >= 0.3 is 0 Å². The summed E-state index contributed by atoms with van der Waals surface area (Å²) in [6.45, 7) is 7.02. The molecular weight excluding hydrogens is 316 g/mol. The molecule has 0 atom stereocenters. The van der Waals surface area contributed by atoms with Crippen molar-refractivity contribution in [1.29, 1.82) is 0 Å². The van der Waals surface area contributed by atoms with Crippen molar-refractivity contribution in [3.8, 4) is 0 Å². The van der Waals surface area contributed by atoms with Crippen LogP contribution in [0, 0.1) is 6.92 Å². The van der Waals surface area contributed by atoms with Crippen molar-refractivity contribution >= 4 is 21.8 Å². The number of benzene rings is 1. The van der Waals surface area contributed by atoms with Crippen LogP contribution in [0.15, 0.2) is 22.7 Å². The molecule has 1 aromatic carbocycles. The SMILES string of the molecule is CCCN(C(=O)c1ccc(C)cc1Br)C1CCNCC1. The van der Waals surface area contributed by atoms with Crippen molar-refractivity contribution in [2.45, 2.75) is 39.2 Å². The molecule has 0 bridgehead atoms. The molecule has 0 spiro atoms. The summed E-state index contributed by atoms with van der Waals surface area (Å²) in [4.78, 5) is 14.9. The molecule has 1 aliphatic rings. The average molecular weight is 339 g/mol. The highest BCUT2D eigenvalue weighted by Crippen LogP contribution is 2.23. The van der Waals surface area contributed by atoms with Crippen molar-refractivity contribution < 1.29 is 4.79 Å². The van der Waals surface area contributed by atoms with Crippen molar-refractivity contribution in [2.75, 3.05) is 19.6 Å². The van der Waals surface area contributed by atoms with Gasteiger partial charge in [-0.15, -0.1) is 0 Å². The van der Waals surface area contributed by atoms with Crippen LogP contribution in [0.2, 0.25) is 0 Å². The Morgan fingerprint density at radius 1 is 1.40 bits per heavy atom. The van der Waals surface area contributed by atoms with E-state index in [1.54, 1.807) is 0 Å². The summed E-state index contributed by atoms with van der Waals surface area (Å²) in [5.41, 5.74) is 1.94. The van der Waals surface area contributed by atoms with Crippen LogP contribution in [0.3, 0.4) is 0 Å². The maximum atomic E-state index is 12.8. The fourth-order valence-electron chi connectivity index (χ4n) is 2.76. The van der Waals surface area contributed by atoms with Crippen LogP contribution in [0.1, 0.15) is 42.1 Å². The lowest BCUT2D eigenvalue weighted by molar-refractivity contribution is 0.0641. The predicted molar refractivity (Wildman–Crippen MR) is 86.1 cm³/mol. The Labute approximate surface area is 129 Å². The van der Waals surface area contributed by atoms with Gasteiger partial charge in [0.2, 0.25) is 0 Å². The molecule has 1 aromatic rings. The summed E-state index contributed by atoms with van der Waals surface area (Å²) < 4.78 is 0.900. The maximum Gasteiger partial charge on any atom is 0.255 e. The van der Waals surface area contributed by atoms with E-state index in [1.165, 1.54) is 0 Å². The molecule has 0 radical (unpaired) electrons. The van der Waals surface area contributed by atoms with Gasteiger partial charge in [0.05, 0.1) is 5.56 Å². The number of amides is 1. The standard InChI is InChI=1S/C16H23BrN2O/c1-3-10-19(13-6-8-18-9-7-13)16(20)14-5-4-12(2)11-15(14)17/h4-5,11,13,18H,3,6-10H2,1-2H3. The van der Waals surface area contributed by atoms with Crippen molar-refractivity contribution in [3.63, 3.8) is 0 Å². The van der Waals surface area contributed by atoms with Crippen LogP contribution in [-0.2, 0) is 0 Å². The fourth-order valence-corrected chi connectivity index (χ4v) is 3.42. The zero-order valence-corrected chi connectivity index (χ0v) is 13.9. The molecule has 0 unspecified atom stereocenters. The topological polar surface area (TPSA) is 32.3 Å². The second kappa shape index (κ2) is 7.23. The van der Waals surface area contributed by atoms with E-state index in [2.05, 4.69) is 33.1 Å². The van der Waals surface area contributed by atoms with Gasteiger partial charge in [-0.2, -0.15) is 0 Å². The third kappa shape index (κ3) is 3.61. The summed E-state index contributed by atoms with van der Waals surface area (Å²) in [6.07, 6.45) is 3.10. The molecule has 1 aliphatic heterocycles. The number of nitrogens with zero attached hydrogens (tertiary/aromatic N) is 1. The third-order valence-corrected chi connectivity index (χ3v) is 4.49. The van der Waals surface area contributed by atoms with Gasteiger partial charge in [-0.3, -0.25) is 4.79 Å². The summed E-state index contributed by atoms with van der Waals surface area (Å²) >= 11 is 3.53. The molecule has 1 saturated heterocycles. The van der Waals surface area contributed by atoms with Crippen molar-refractivity contribution in [3.05, 3.63) is 33.8 Å². The third-order valence-electron chi connectivity index (χ3n) is 3.83. The number of nitrogens with one attached hydrogen (secondary N) is 1. The summed E-state index contributed by atoms with van der Waals surface area (Å²) in [5, 5.41) is 3.36. The van der Waals surface area contributed by atoms with E-state index in [0.29, 0.717) is 6.04 Å². The minimum atomic E-state index is 0.158. The number of halogens is 1. The lowest BCUT2D eigenvalue weighted by Gasteiger charge is -2.35. The zero-order chi connectivity index (χ0) is 14.5. The molecule has 4 heteroatoms. The van der Waals surface area contributed by atoms with Gasteiger partial charge in [-0.25, -0.2) is 0 Å². The highest BCUT2D eigenvalue weighted by Gasteiger charge is 2.26. The molecule has 1 fully saturated rings. The van der Waals surface area contributed by atoms with Crippen LogP contribution in [0.25, 0.3) is 0 Å². The minimum absolute atomic E-state index is 0.158. The molecule has 2 rings (SSSR count). The van der Waals surface area contributed by atoms with Gasteiger partial charge in [0.25, 0.3) is 5.91 Å². The molecule has 1 N–H and O–H groups in total. The number of hydrogen-bond donors (Lipinski definition) is 1. The largest absolute Gasteiger partial charge is 0.336 e. The van der Waals surface area contributed by atoms with Gasteiger partial charge < -0.3 is 10.2 Å². The summed E-state index contributed by atoms with van der Waals surface area (Å²) in [6, 6.07) is 6.33. The monoisotopic (exact) mass is 338 g/mol. The van der Waals surface area contributed by atoms with E-state index < -0.39 is 0 Å². The van der Waals surface area contributed by atoms with Crippen molar-refractivity contribution in [2.24, 2.45) is 0 Å². The zero-order valence-electron chi connectivity index (χ0n) is 12.3. The highest BCUT2D eigenvalue weighted by atomic mass is 79.9. The molecule has 0 saturated carbocycles. The molecule has 0 aromatic heterocycles. The Balaban J connectivity index is 2.21. The summed E-state index contributed by atoms with van der Waals surface area (Å²) in [7, 11) is 0. The lowest BCUT2D eigenvalue weighted by Crippen LogP contribution is -2.46. The molecule has 1 amide bonds. The van der Waals surface area contributed by atoms with Gasteiger partial charge in [0.15, 0.2) is 0 Å². The Morgan fingerprint density at radius 3 is 2.70 bits per heavy atom. The van der Waals surface area contributed by atoms with E-state index in [4.69, 9.17) is 0 Å². The summed E-state index contributed by atoms with van der Waals surface area (Å²) in [5.74, 6) is 0.158. The second-order valence-corrected chi connectivity index (χ2v) is 6.32. The smallest absolute Gasteiger partial charge is 0.255 e. The Kier molecular flexibility index (Phi) is 5.61. The number of rotatable bonds is 4. The molecule has 1 heterocycles. The van der Waals surface area contributed by atoms with Gasteiger partial charge in [0, 0.05) is 17.1 Å². The molecular formula is C16H23BrN2O. The Morgan fingerprint density at radius 2 is 2.10 bits per heavy atom. The maximum absolute atomic E-state index is 12.8. The Bertz CT molecular complexity index is 470. The Hall–Kier alpha value is -0.870. The quantitative estimate of drug-likeness (QED) is 0.912.